The molecule has 0 bridgehead atoms. The van der Waals surface area contributed by atoms with Crippen LogP contribution in [0.4, 0.5) is 48.3 Å². The van der Waals surface area contributed by atoms with Crippen molar-refractivity contribution in [1.82, 2.24) is 0 Å². The van der Waals surface area contributed by atoms with Crippen LogP contribution in [-0.4, -0.2) is 27.9 Å². The molecular formula is C5F11I. The largest absolute Gasteiger partial charge is 0.436 e. The highest BCUT2D eigenvalue weighted by Gasteiger charge is 2.88. The first-order chi connectivity index (χ1) is 7.00. The minimum atomic E-state index is -7.11. The molecule has 0 aromatic carbocycles. The van der Waals surface area contributed by atoms with Crippen LogP contribution in [0.2, 0.25) is 0 Å². The molecule has 1 atom stereocenters. The van der Waals surface area contributed by atoms with Gasteiger partial charge in [-0.1, -0.05) is 0 Å². The average Bonchev–Trinajstić information content (AvgIpc) is 1.95. The smallest absolute Gasteiger partial charge is 0.218 e. The van der Waals surface area contributed by atoms with Crippen LogP contribution in [0, 0.1) is 0 Å². The summed E-state index contributed by atoms with van der Waals surface area (Å²) in [6, 6.07) is 0. The van der Waals surface area contributed by atoms with E-state index >= 15 is 0 Å². The lowest BCUT2D eigenvalue weighted by Crippen LogP contribution is -2.68. The lowest BCUT2D eigenvalue weighted by Gasteiger charge is -2.38. The SMILES string of the molecule is FC(F)(F)C(F)(I)C(F)(C(F)(F)F)C(F)(F)F. The quantitative estimate of drug-likeness (QED) is 0.349. The molecule has 0 aromatic rings. The summed E-state index contributed by atoms with van der Waals surface area (Å²) in [6.45, 7) is 0. The summed E-state index contributed by atoms with van der Waals surface area (Å²) in [6.07, 6.45) is -20.9. The monoisotopic (exact) mass is 396 g/mol. The maximum atomic E-state index is 12.7. The van der Waals surface area contributed by atoms with Crippen molar-refractivity contribution < 1.29 is 48.3 Å². The van der Waals surface area contributed by atoms with E-state index in [0.717, 1.165) is 0 Å². The minimum Gasteiger partial charge on any atom is -0.218 e. The molecule has 0 saturated heterocycles. The third kappa shape index (κ3) is 2.41. The van der Waals surface area contributed by atoms with Gasteiger partial charge in [0.1, 0.15) is 0 Å². The Balaban J connectivity index is 6.04. The fourth-order valence-electron chi connectivity index (χ4n) is 0.712. The van der Waals surface area contributed by atoms with E-state index in [1.807, 2.05) is 0 Å². The van der Waals surface area contributed by atoms with E-state index in [2.05, 4.69) is 0 Å². The number of halogens is 12. The molecule has 0 fully saturated rings. The first kappa shape index (κ1) is 17.0. The summed E-state index contributed by atoms with van der Waals surface area (Å²) in [7, 11) is 0. The van der Waals surface area contributed by atoms with E-state index in [0.29, 0.717) is 0 Å². The van der Waals surface area contributed by atoms with Crippen LogP contribution in [0.5, 0.6) is 0 Å². The van der Waals surface area contributed by atoms with Gasteiger partial charge >= 0.3 is 27.9 Å². The van der Waals surface area contributed by atoms with Crippen LogP contribution in [0.3, 0.4) is 0 Å². The Morgan fingerprint density at radius 3 is 0.765 bits per heavy atom. The average molecular weight is 396 g/mol. The van der Waals surface area contributed by atoms with Gasteiger partial charge in [-0.15, -0.1) is 0 Å². The van der Waals surface area contributed by atoms with Gasteiger partial charge in [0.2, 0.25) is 0 Å². The van der Waals surface area contributed by atoms with Gasteiger partial charge < -0.3 is 0 Å². The lowest BCUT2D eigenvalue weighted by molar-refractivity contribution is -0.389. The number of alkyl halides is 12. The molecule has 104 valence electrons. The molecule has 0 saturated carbocycles. The molecule has 0 aliphatic heterocycles. The second-order valence-electron chi connectivity index (χ2n) is 2.73. The van der Waals surface area contributed by atoms with Gasteiger partial charge in [0.15, 0.2) is 0 Å². The standard InChI is InChI=1S/C5F11I/c6-1(3(8,9)10,4(11,12)13)2(7,17)5(14,15)16. The van der Waals surface area contributed by atoms with Crippen LogP contribution in [-0.2, 0) is 0 Å². The topological polar surface area (TPSA) is 0 Å². The van der Waals surface area contributed by atoms with Crippen molar-refractivity contribution in [2.45, 2.75) is 27.9 Å². The maximum Gasteiger partial charge on any atom is 0.436 e. The zero-order valence-electron chi connectivity index (χ0n) is 7.04. The van der Waals surface area contributed by atoms with Crippen molar-refractivity contribution in [2.24, 2.45) is 0 Å². The first-order valence-electron chi connectivity index (χ1n) is 3.27. The van der Waals surface area contributed by atoms with Gasteiger partial charge in [0.05, 0.1) is 0 Å². The van der Waals surface area contributed by atoms with Crippen molar-refractivity contribution in [2.75, 3.05) is 0 Å². The molecule has 0 heterocycles. The van der Waals surface area contributed by atoms with Crippen molar-refractivity contribution in [1.29, 1.82) is 0 Å². The van der Waals surface area contributed by atoms with E-state index in [9.17, 15) is 48.3 Å². The Kier molecular flexibility index (Phi) is 3.97. The van der Waals surface area contributed by atoms with Crippen LogP contribution in [0.25, 0.3) is 0 Å². The maximum absolute atomic E-state index is 12.7. The fourth-order valence-corrected chi connectivity index (χ4v) is 1.32. The van der Waals surface area contributed by atoms with Gasteiger partial charge in [-0.3, -0.25) is 0 Å². The predicted octanol–water partition coefficient (Wildman–Crippen LogP) is 4.48. The van der Waals surface area contributed by atoms with Gasteiger partial charge in [0, 0.05) is 0 Å². The molecule has 0 nitrogen and oxygen atoms in total. The van der Waals surface area contributed by atoms with Crippen molar-refractivity contribution in [3.8, 4) is 0 Å². The second kappa shape index (κ2) is 3.98. The normalized spacial score (nSPS) is 19.1. The van der Waals surface area contributed by atoms with Gasteiger partial charge in [0.25, 0.3) is 0 Å². The molecule has 1 unspecified atom stereocenters. The third-order valence-electron chi connectivity index (χ3n) is 1.57. The Morgan fingerprint density at radius 2 is 0.706 bits per heavy atom. The highest BCUT2D eigenvalue weighted by molar-refractivity contribution is 14.1. The number of hydrogen-bond donors (Lipinski definition) is 0. The summed E-state index contributed by atoms with van der Waals surface area (Å²) >= 11 is -0.895. The van der Waals surface area contributed by atoms with Gasteiger partial charge in [-0.05, 0) is 22.6 Å². The van der Waals surface area contributed by atoms with Gasteiger partial charge in [-0.25, -0.2) is 8.78 Å². The first-order valence-corrected chi connectivity index (χ1v) is 4.35. The van der Waals surface area contributed by atoms with Crippen LogP contribution in [0.15, 0.2) is 0 Å². The summed E-state index contributed by atoms with van der Waals surface area (Å²) in [5, 5.41) is 0. The second-order valence-corrected chi connectivity index (χ2v) is 4.21. The third-order valence-corrected chi connectivity index (χ3v) is 2.92. The summed E-state index contributed by atoms with van der Waals surface area (Å²) in [5.74, 6) is 0. The Hall–Kier alpha value is -0.0400. The molecule has 0 radical (unpaired) electrons. The molecule has 0 spiro atoms. The Bertz CT molecular complexity index is 266. The fraction of sp³-hybridized carbons (Fsp3) is 1.00. The Labute approximate surface area is 99.3 Å². The molecule has 0 aliphatic carbocycles. The highest BCUT2D eigenvalue weighted by atomic mass is 127. The number of hydrogen-bond acceptors (Lipinski definition) is 0. The van der Waals surface area contributed by atoms with E-state index < -0.39 is 50.5 Å². The van der Waals surface area contributed by atoms with E-state index in [4.69, 9.17) is 0 Å². The van der Waals surface area contributed by atoms with Crippen LogP contribution < -0.4 is 0 Å². The molecule has 17 heavy (non-hydrogen) atoms. The Morgan fingerprint density at radius 1 is 0.471 bits per heavy atom. The molecule has 0 aliphatic rings. The van der Waals surface area contributed by atoms with Crippen LogP contribution >= 0.6 is 22.6 Å². The predicted molar refractivity (Wildman–Crippen MR) is 39.9 cm³/mol. The zero-order valence-corrected chi connectivity index (χ0v) is 9.19. The van der Waals surface area contributed by atoms with Gasteiger partial charge in [-0.2, -0.15) is 39.5 Å². The van der Waals surface area contributed by atoms with Crippen molar-refractivity contribution in [3.63, 3.8) is 0 Å². The van der Waals surface area contributed by atoms with E-state index in [1.54, 1.807) is 0 Å². The molecule has 12 heteroatoms. The highest BCUT2D eigenvalue weighted by Crippen LogP contribution is 2.61. The van der Waals surface area contributed by atoms with Crippen molar-refractivity contribution >= 4 is 22.6 Å². The summed E-state index contributed by atoms with van der Waals surface area (Å²) < 4.78 is 125. The van der Waals surface area contributed by atoms with E-state index in [1.165, 1.54) is 0 Å². The molecule has 0 aromatic heterocycles. The number of rotatable bonds is 1. The minimum absolute atomic E-state index is 0.895. The summed E-state index contributed by atoms with van der Waals surface area (Å²) in [5.41, 5.74) is -7.05. The molecule has 0 amide bonds. The van der Waals surface area contributed by atoms with E-state index in [-0.39, 0.29) is 0 Å². The van der Waals surface area contributed by atoms with Crippen molar-refractivity contribution in [3.05, 3.63) is 0 Å². The lowest BCUT2D eigenvalue weighted by atomic mass is 9.98. The zero-order chi connectivity index (χ0) is 14.5. The molecule has 0 rings (SSSR count). The summed E-state index contributed by atoms with van der Waals surface area (Å²) in [4.78, 5) is 0. The van der Waals surface area contributed by atoms with Crippen LogP contribution in [0.1, 0.15) is 0 Å². The molecule has 0 N–H and O–H groups in total. The molecular weight excluding hydrogens is 396 g/mol.